The second-order valence-corrected chi connectivity index (χ2v) is 6.41. The molecule has 0 aromatic heterocycles. The number of amides is 1. The van der Waals surface area contributed by atoms with Crippen molar-refractivity contribution in [2.45, 2.75) is 33.4 Å². The fourth-order valence-corrected chi connectivity index (χ4v) is 3.20. The molecule has 0 bridgehead atoms. The SMILES string of the molecule is Cc1ccc(C)c(N2CCN(Cc3ccccc3)[C@@H](C)C2=O)c1. The summed E-state index contributed by atoms with van der Waals surface area (Å²) in [7, 11) is 0. The summed E-state index contributed by atoms with van der Waals surface area (Å²) in [5.41, 5.74) is 4.67. The normalized spacial score (nSPS) is 19.2. The van der Waals surface area contributed by atoms with Crippen LogP contribution in [0.15, 0.2) is 48.5 Å². The molecular weight excluding hydrogens is 284 g/mol. The van der Waals surface area contributed by atoms with Crippen LogP contribution < -0.4 is 4.90 Å². The summed E-state index contributed by atoms with van der Waals surface area (Å²) >= 11 is 0. The van der Waals surface area contributed by atoms with Crippen LogP contribution in [0.25, 0.3) is 0 Å². The van der Waals surface area contributed by atoms with E-state index in [1.165, 1.54) is 11.1 Å². The summed E-state index contributed by atoms with van der Waals surface area (Å²) in [6, 6.07) is 16.6. The van der Waals surface area contributed by atoms with E-state index in [9.17, 15) is 4.79 Å². The molecule has 3 rings (SSSR count). The Morgan fingerprint density at radius 2 is 1.78 bits per heavy atom. The smallest absolute Gasteiger partial charge is 0.244 e. The van der Waals surface area contributed by atoms with Crippen LogP contribution in [0, 0.1) is 13.8 Å². The largest absolute Gasteiger partial charge is 0.310 e. The number of piperazine rings is 1. The topological polar surface area (TPSA) is 23.6 Å². The summed E-state index contributed by atoms with van der Waals surface area (Å²) in [5.74, 6) is 0.195. The third-order valence-electron chi connectivity index (χ3n) is 4.67. The molecule has 0 aliphatic carbocycles. The first-order valence-corrected chi connectivity index (χ1v) is 8.23. The van der Waals surface area contributed by atoms with Gasteiger partial charge < -0.3 is 4.90 Å². The molecule has 2 aromatic carbocycles. The fraction of sp³-hybridized carbons (Fsp3) is 0.350. The molecule has 0 N–H and O–H groups in total. The lowest BCUT2D eigenvalue weighted by Crippen LogP contribution is -2.55. The Hall–Kier alpha value is -2.13. The average Bonchev–Trinajstić information content (AvgIpc) is 2.56. The minimum absolute atomic E-state index is 0.0936. The van der Waals surface area contributed by atoms with E-state index < -0.39 is 0 Å². The van der Waals surface area contributed by atoms with Gasteiger partial charge in [0.1, 0.15) is 0 Å². The minimum Gasteiger partial charge on any atom is -0.310 e. The first-order chi connectivity index (χ1) is 11.1. The van der Waals surface area contributed by atoms with E-state index in [0.29, 0.717) is 0 Å². The van der Waals surface area contributed by atoms with Gasteiger partial charge in [-0.25, -0.2) is 0 Å². The van der Waals surface area contributed by atoms with Crippen LogP contribution >= 0.6 is 0 Å². The number of rotatable bonds is 3. The van der Waals surface area contributed by atoms with Crippen molar-refractivity contribution in [1.29, 1.82) is 0 Å². The molecule has 2 aromatic rings. The van der Waals surface area contributed by atoms with Crippen molar-refractivity contribution >= 4 is 11.6 Å². The zero-order valence-electron chi connectivity index (χ0n) is 14.1. The summed E-state index contributed by atoms with van der Waals surface area (Å²) < 4.78 is 0. The highest BCUT2D eigenvalue weighted by atomic mass is 16.2. The molecule has 1 aliphatic heterocycles. The Bertz CT molecular complexity index is 696. The van der Waals surface area contributed by atoms with Crippen molar-refractivity contribution in [2.24, 2.45) is 0 Å². The number of benzene rings is 2. The summed E-state index contributed by atoms with van der Waals surface area (Å²) in [6.07, 6.45) is 0. The Morgan fingerprint density at radius 3 is 2.52 bits per heavy atom. The van der Waals surface area contributed by atoms with Crippen LogP contribution in [0.2, 0.25) is 0 Å². The lowest BCUT2D eigenvalue weighted by atomic mass is 10.1. The van der Waals surface area contributed by atoms with Crippen LogP contribution in [0.1, 0.15) is 23.6 Å². The van der Waals surface area contributed by atoms with Gasteiger partial charge in [0.2, 0.25) is 5.91 Å². The van der Waals surface area contributed by atoms with Crippen molar-refractivity contribution in [1.82, 2.24) is 4.90 Å². The van der Waals surface area contributed by atoms with Gasteiger partial charge in [0.15, 0.2) is 0 Å². The maximum atomic E-state index is 12.9. The molecule has 0 saturated carbocycles. The maximum absolute atomic E-state index is 12.9. The van der Waals surface area contributed by atoms with E-state index in [1.807, 2.05) is 30.0 Å². The van der Waals surface area contributed by atoms with Crippen LogP contribution in [-0.2, 0) is 11.3 Å². The van der Waals surface area contributed by atoms with Gasteiger partial charge in [0.05, 0.1) is 6.04 Å². The highest BCUT2D eigenvalue weighted by Crippen LogP contribution is 2.26. The van der Waals surface area contributed by atoms with Crippen LogP contribution in [0.5, 0.6) is 0 Å². The number of anilines is 1. The number of carbonyl (C=O) groups is 1. The van der Waals surface area contributed by atoms with E-state index in [2.05, 4.69) is 49.1 Å². The van der Waals surface area contributed by atoms with Crippen molar-refractivity contribution in [3.05, 3.63) is 65.2 Å². The van der Waals surface area contributed by atoms with Gasteiger partial charge in [-0.05, 0) is 43.5 Å². The highest BCUT2D eigenvalue weighted by Gasteiger charge is 2.32. The second kappa shape index (κ2) is 6.55. The third kappa shape index (κ3) is 3.30. The highest BCUT2D eigenvalue weighted by molar-refractivity contribution is 5.98. The minimum atomic E-state index is -0.0936. The molecular formula is C20H24N2O. The van der Waals surface area contributed by atoms with Gasteiger partial charge in [-0.1, -0.05) is 42.5 Å². The molecule has 1 fully saturated rings. The molecule has 120 valence electrons. The lowest BCUT2D eigenvalue weighted by molar-refractivity contribution is -0.125. The number of nitrogens with zero attached hydrogens (tertiary/aromatic N) is 2. The zero-order chi connectivity index (χ0) is 16.4. The quantitative estimate of drug-likeness (QED) is 0.866. The summed E-state index contributed by atoms with van der Waals surface area (Å²) in [4.78, 5) is 17.1. The van der Waals surface area contributed by atoms with Gasteiger partial charge >= 0.3 is 0 Å². The van der Waals surface area contributed by atoms with Gasteiger partial charge in [-0.15, -0.1) is 0 Å². The van der Waals surface area contributed by atoms with Gasteiger partial charge in [0.25, 0.3) is 0 Å². The van der Waals surface area contributed by atoms with Crippen molar-refractivity contribution in [2.75, 3.05) is 18.0 Å². The molecule has 1 amide bonds. The van der Waals surface area contributed by atoms with Gasteiger partial charge in [0, 0.05) is 25.3 Å². The lowest BCUT2D eigenvalue weighted by Gasteiger charge is -2.39. The Balaban J connectivity index is 1.77. The molecule has 0 unspecified atom stereocenters. The molecule has 0 radical (unpaired) electrons. The van der Waals surface area contributed by atoms with Crippen molar-refractivity contribution < 1.29 is 4.79 Å². The zero-order valence-corrected chi connectivity index (χ0v) is 14.1. The van der Waals surface area contributed by atoms with E-state index in [-0.39, 0.29) is 11.9 Å². The molecule has 1 heterocycles. The van der Waals surface area contributed by atoms with E-state index in [4.69, 9.17) is 0 Å². The molecule has 1 saturated heterocycles. The Kier molecular flexibility index (Phi) is 4.49. The van der Waals surface area contributed by atoms with Crippen molar-refractivity contribution in [3.63, 3.8) is 0 Å². The molecule has 3 nitrogen and oxygen atoms in total. The molecule has 3 heteroatoms. The van der Waals surface area contributed by atoms with Gasteiger partial charge in [-0.2, -0.15) is 0 Å². The first-order valence-electron chi connectivity index (χ1n) is 8.23. The maximum Gasteiger partial charge on any atom is 0.244 e. The summed E-state index contributed by atoms with van der Waals surface area (Å²) in [6.45, 7) is 8.64. The van der Waals surface area contributed by atoms with Gasteiger partial charge in [-0.3, -0.25) is 9.69 Å². The second-order valence-electron chi connectivity index (χ2n) is 6.41. The van der Waals surface area contributed by atoms with E-state index in [0.717, 1.165) is 30.9 Å². The van der Waals surface area contributed by atoms with Crippen LogP contribution in [0.4, 0.5) is 5.69 Å². The number of carbonyl (C=O) groups excluding carboxylic acids is 1. The standard InChI is InChI=1S/C20H24N2O/c1-15-9-10-16(2)19(13-15)22-12-11-21(17(3)20(22)23)14-18-7-5-4-6-8-18/h4-10,13,17H,11-12,14H2,1-3H3/t17-/m0/s1. The third-order valence-corrected chi connectivity index (χ3v) is 4.67. The van der Waals surface area contributed by atoms with Crippen molar-refractivity contribution in [3.8, 4) is 0 Å². The number of aryl methyl sites for hydroxylation is 2. The Labute approximate surface area is 138 Å². The van der Waals surface area contributed by atoms with E-state index in [1.54, 1.807) is 0 Å². The number of hydrogen-bond donors (Lipinski definition) is 0. The fourth-order valence-electron chi connectivity index (χ4n) is 3.20. The van der Waals surface area contributed by atoms with E-state index >= 15 is 0 Å². The first kappa shape index (κ1) is 15.8. The number of hydrogen-bond acceptors (Lipinski definition) is 2. The molecule has 23 heavy (non-hydrogen) atoms. The summed E-state index contributed by atoms with van der Waals surface area (Å²) in [5, 5.41) is 0. The molecule has 0 spiro atoms. The Morgan fingerprint density at radius 1 is 1.04 bits per heavy atom. The van der Waals surface area contributed by atoms with Crippen LogP contribution in [0.3, 0.4) is 0 Å². The molecule has 1 atom stereocenters. The average molecular weight is 308 g/mol. The predicted octanol–water partition coefficient (Wildman–Crippen LogP) is 3.54. The predicted molar refractivity (Wildman–Crippen MR) is 94.6 cm³/mol. The monoisotopic (exact) mass is 308 g/mol. The molecule has 1 aliphatic rings. The van der Waals surface area contributed by atoms with Crippen LogP contribution in [-0.4, -0.2) is 29.9 Å².